The quantitative estimate of drug-likeness (QED) is 0.481. The van der Waals surface area contributed by atoms with Gasteiger partial charge in [-0.15, -0.1) is 10.2 Å². The minimum absolute atomic E-state index is 0.137. The van der Waals surface area contributed by atoms with Crippen LogP contribution in [0.5, 0.6) is 0 Å². The lowest BCUT2D eigenvalue weighted by Crippen LogP contribution is -2.13. The van der Waals surface area contributed by atoms with Crippen LogP contribution in [0.4, 0.5) is 0 Å². The van der Waals surface area contributed by atoms with Crippen molar-refractivity contribution in [3.63, 3.8) is 0 Å². The number of hydrogen-bond donors (Lipinski definition) is 0. The van der Waals surface area contributed by atoms with E-state index in [0.717, 1.165) is 16.8 Å². The third-order valence-electron chi connectivity index (χ3n) is 3.45. The second kappa shape index (κ2) is 8.58. The molecule has 6 heteroatoms. The van der Waals surface area contributed by atoms with Crippen molar-refractivity contribution >= 4 is 17.7 Å². The molecule has 0 fully saturated rings. The van der Waals surface area contributed by atoms with E-state index in [-0.39, 0.29) is 17.8 Å². The number of esters is 1. The molecule has 3 rings (SSSR count). The summed E-state index contributed by atoms with van der Waals surface area (Å²) in [5.74, 6) is -0.138. The van der Waals surface area contributed by atoms with Crippen molar-refractivity contribution in [2.45, 2.75) is 25.1 Å². The van der Waals surface area contributed by atoms with Gasteiger partial charge in [-0.3, -0.25) is 4.79 Å². The maximum Gasteiger partial charge on any atom is 0.316 e. The van der Waals surface area contributed by atoms with Crippen LogP contribution in [-0.2, 0) is 9.53 Å². The van der Waals surface area contributed by atoms with E-state index >= 15 is 0 Å². The Labute approximate surface area is 156 Å². The first-order valence-electron chi connectivity index (χ1n) is 8.31. The number of thioether (sulfide) groups is 1. The minimum atomic E-state index is -0.290. The van der Waals surface area contributed by atoms with E-state index in [4.69, 9.17) is 4.74 Å². The van der Waals surface area contributed by atoms with E-state index in [1.54, 1.807) is 0 Å². The Hall–Kier alpha value is -2.73. The lowest BCUT2D eigenvalue weighted by atomic mass is 10.0. The van der Waals surface area contributed by atoms with Crippen molar-refractivity contribution in [1.82, 2.24) is 15.2 Å². The van der Waals surface area contributed by atoms with Gasteiger partial charge in [0.1, 0.15) is 11.4 Å². The van der Waals surface area contributed by atoms with Gasteiger partial charge in [-0.2, -0.15) is 0 Å². The molecule has 0 aliphatic heterocycles. The number of aromatic nitrogens is 3. The molecule has 0 atom stereocenters. The summed E-state index contributed by atoms with van der Waals surface area (Å²) in [6.45, 7) is 3.64. The lowest BCUT2D eigenvalue weighted by Gasteiger charge is -2.10. The standard InChI is InChI=1S/C20H19N3O2S/c1-14(2)25-17(24)13-26-20-21-18(15-9-5-3-6-10-15)19(22-23-20)16-11-7-4-8-12-16/h3-12,14H,13H2,1-2H3. The molecular formula is C20H19N3O2S. The zero-order valence-electron chi connectivity index (χ0n) is 14.6. The van der Waals surface area contributed by atoms with Crippen LogP contribution in [0, 0.1) is 0 Å². The van der Waals surface area contributed by atoms with E-state index < -0.39 is 0 Å². The largest absolute Gasteiger partial charge is 0.462 e. The van der Waals surface area contributed by atoms with Gasteiger partial charge in [0.25, 0.3) is 0 Å². The number of rotatable bonds is 6. The third-order valence-corrected chi connectivity index (χ3v) is 4.26. The Morgan fingerprint density at radius 1 is 0.923 bits per heavy atom. The molecule has 0 spiro atoms. The van der Waals surface area contributed by atoms with Gasteiger partial charge in [-0.25, -0.2) is 4.98 Å². The van der Waals surface area contributed by atoms with Gasteiger partial charge in [-0.05, 0) is 13.8 Å². The molecule has 5 nitrogen and oxygen atoms in total. The average molecular weight is 365 g/mol. The Morgan fingerprint density at radius 3 is 2.08 bits per heavy atom. The molecule has 1 heterocycles. The molecule has 0 aliphatic rings. The molecule has 1 aromatic heterocycles. The first-order valence-corrected chi connectivity index (χ1v) is 9.30. The van der Waals surface area contributed by atoms with Gasteiger partial charge in [0, 0.05) is 11.1 Å². The number of carbonyl (C=O) groups excluding carboxylic acids is 1. The normalized spacial score (nSPS) is 10.7. The van der Waals surface area contributed by atoms with Gasteiger partial charge in [0.2, 0.25) is 5.16 Å². The molecule has 0 amide bonds. The Bertz CT molecular complexity index is 871. The summed E-state index contributed by atoms with van der Waals surface area (Å²) in [7, 11) is 0. The number of carbonyl (C=O) groups is 1. The van der Waals surface area contributed by atoms with Gasteiger partial charge in [0.15, 0.2) is 0 Å². The first kappa shape index (κ1) is 18.1. The molecule has 132 valence electrons. The predicted octanol–water partition coefficient (Wildman–Crippen LogP) is 4.25. The van der Waals surface area contributed by atoms with Gasteiger partial charge in [0.05, 0.1) is 11.9 Å². The topological polar surface area (TPSA) is 65.0 Å². The van der Waals surface area contributed by atoms with Crippen molar-refractivity contribution in [3.8, 4) is 22.5 Å². The van der Waals surface area contributed by atoms with E-state index in [1.165, 1.54) is 11.8 Å². The van der Waals surface area contributed by atoms with Crippen molar-refractivity contribution in [1.29, 1.82) is 0 Å². The van der Waals surface area contributed by atoms with Crippen molar-refractivity contribution < 1.29 is 9.53 Å². The molecular weight excluding hydrogens is 346 g/mol. The maximum absolute atomic E-state index is 11.8. The molecule has 3 aromatic rings. The zero-order chi connectivity index (χ0) is 18.4. The predicted molar refractivity (Wildman–Crippen MR) is 103 cm³/mol. The maximum atomic E-state index is 11.8. The average Bonchev–Trinajstić information content (AvgIpc) is 2.67. The Balaban J connectivity index is 1.91. The van der Waals surface area contributed by atoms with Crippen LogP contribution in [0.2, 0.25) is 0 Å². The van der Waals surface area contributed by atoms with Crippen molar-refractivity contribution in [2.24, 2.45) is 0 Å². The summed E-state index contributed by atoms with van der Waals surface area (Å²) >= 11 is 1.22. The Kier molecular flexibility index (Phi) is 5.96. The Morgan fingerprint density at radius 2 is 1.50 bits per heavy atom. The van der Waals surface area contributed by atoms with Crippen LogP contribution >= 0.6 is 11.8 Å². The van der Waals surface area contributed by atoms with Crippen LogP contribution in [0.15, 0.2) is 65.8 Å². The van der Waals surface area contributed by atoms with Gasteiger partial charge < -0.3 is 4.74 Å². The van der Waals surface area contributed by atoms with Crippen LogP contribution in [0.25, 0.3) is 22.5 Å². The summed E-state index contributed by atoms with van der Waals surface area (Å²) in [6, 6.07) is 19.7. The van der Waals surface area contributed by atoms with E-state index in [2.05, 4.69) is 15.2 Å². The fourth-order valence-corrected chi connectivity index (χ4v) is 2.95. The molecule has 2 aromatic carbocycles. The van der Waals surface area contributed by atoms with Crippen LogP contribution in [-0.4, -0.2) is 33.0 Å². The van der Waals surface area contributed by atoms with Gasteiger partial charge in [-0.1, -0.05) is 72.4 Å². The molecule has 0 aliphatic carbocycles. The highest BCUT2D eigenvalue weighted by Gasteiger charge is 2.15. The second-order valence-electron chi connectivity index (χ2n) is 5.85. The number of benzene rings is 2. The molecule has 0 saturated carbocycles. The molecule has 0 unspecified atom stereocenters. The molecule has 0 N–H and O–H groups in total. The number of nitrogens with zero attached hydrogens (tertiary/aromatic N) is 3. The highest BCUT2D eigenvalue weighted by Crippen LogP contribution is 2.29. The number of ether oxygens (including phenoxy) is 1. The van der Waals surface area contributed by atoms with Crippen LogP contribution < -0.4 is 0 Å². The zero-order valence-corrected chi connectivity index (χ0v) is 15.4. The highest BCUT2D eigenvalue weighted by molar-refractivity contribution is 7.99. The smallest absolute Gasteiger partial charge is 0.316 e. The highest BCUT2D eigenvalue weighted by atomic mass is 32.2. The SMILES string of the molecule is CC(C)OC(=O)CSc1nnc(-c2ccccc2)c(-c2ccccc2)n1. The van der Waals surface area contributed by atoms with Crippen LogP contribution in [0.3, 0.4) is 0 Å². The number of hydrogen-bond acceptors (Lipinski definition) is 6. The van der Waals surface area contributed by atoms with E-state index in [1.807, 2.05) is 74.5 Å². The minimum Gasteiger partial charge on any atom is -0.462 e. The summed E-state index contributed by atoms with van der Waals surface area (Å²) in [5, 5.41) is 9.01. The van der Waals surface area contributed by atoms with Crippen molar-refractivity contribution in [3.05, 3.63) is 60.7 Å². The molecule has 0 bridgehead atoms. The van der Waals surface area contributed by atoms with Crippen molar-refractivity contribution in [2.75, 3.05) is 5.75 Å². The fraction of sp³-hybridized carbons (Fsp3) is 0.200. The van der Waals surface area contributed by atoms with Gasteiger partial charge >= 0.3 is 5.97 Å². The monoisotopic (exact) mass is 365 g/mol. The third kappa shape index (κ3) is 4.67. The van der Waals surface area contributed by atoms with E-state index in [0.29, 0.717) is 10.9 Å². The first-order chi connectivity index (χ1) is 12.6. The summed E-state index contributed by atoms with van der Waals surface area (Å²) < 4.78 is 5.14. The second-order valence-corrected chi connectivity index (χ2v) is 6.79. The summed E-state index contributed by atoms with van der Waals surface area (Å²) in [6.07, 6.45) is -0.137. The van der Waals surface area contributed by atoms with E-state index in [9.17, 15) is 4.79 Å². The molecule has 0 radical (unpaired) electrons. The molecule has 0 saturated heterocycles. The van der Waals surface area contributed by atoms with Crippen LogP contribution in [0.1, 0.15) is 13.8 Å². The fourth-order valence-electron chi connectivity index (χ4n) is 2.38. The summed E-state index contributed by atoms with van der Waals surface area (Å²) in [4.78, 5) is 16.4. The summed E-state index contributed by atoms with van der Waals surface area (Å²) in [5.41, 5.74) is 3.35. The molecule has 26 heavy (non-hydrogen) atoms. The lowest BCUT2D eigenvalue weighted by molar-refractivity contribution is -0.144.